The Bertz CT molecular complexity index is 1430. The highest BCUT2D eigenvalue weighted by atomic mass is 16.3. The van der Waals surface area contributed by atoms with Gasteiger partial charge in [0.2, 0.25) is 0 Å². The minimum Gasteiger partial charge on any atom is -0.463 e. The van der Waals surface area contributed by atoms with Gasteiger partial charge >= 0.3 is 6.03 Å². The fourth-order valence-corrected chi connectivity index (χ4v) is 4.45. The van der Waals surface area contributed by atoms with E-state index >= 15 is 0 Å². The van der Waals surface area contributed by atoms with E-state index < -0.39 is 0 Å². The molecular weight excluding hydrogens is 428 g/mol. The van der Waals surface area contributed by atoms with Crippen LogP contribution in [0.5, 0.6) is 0 Å². The van der Waals surface area contributed by atoms with Gasteiger partial charge < -0.3 is 19.1 Å². The summed E-state index contributed by atoms with van der Waals surface area (Å²) in [6.07, 6.45) is 4.16. The highest BCUT2D eigenvalue weighted by molar-refractivity contribution is 5.93. The third-order valence-electron chi connectivity index (χ3n) is 6.17. The minimum absolute atomic E-state index is 0.107. The number of fused-ring (bicyclic) bond motifs is 1. The molecule has 0 radical (unpaired) electrons. The van der Waals surface area contributed by atoms with Gasteiger partial charge in [0.05, 0.1) is 23.6 Å². The minimum atomic E-state index is -0.107. The van der Waals surface area contributed by atoms with Crippen LogP contribution in [-0.4, -0.2) is 34.0 Å². The van der Waals surface area contributed by atoms with Gasteiger partial charge in [0.15, 0.2) is 11.5 Å². The van der Waals surface area contributed by atoms with E-state index in [2.05, 4.69) is 17.4 Å². The molecule has 3 aromatic heterocycles. The molecule has 7 nitrogen and oxygen atoms in total. The van der Waals surface area contributed by atoms with Crippen LogP contribution in [0.2, 0.25) is 0 Å². The molecule has 0 aliphatic carbocycles. The summed E-state index contributed by atoms with van der Waals surface area (Å²) >= 11 is 0. The molecule has 2 aromatic carbocycles. The molecule has 0 spiro atoms. The number of hydrogen-bond donors (Lipinski definition) is 1. The van der Waals surface area contributed by atoms with Crippen LogP contribution in [0.1, 0.15) is 17.9 Å². The maximum Gasteiger partial charge on any atom is 0.321 e. The third kappa shape index (κ3) is 3.81. The van der Waals surface area contributed by atoms with Gasteiger partial charge in [-0.15, -0.1) is 0 Å². The van der Waals surface area contributed by atoms with E-state index in [0.717, 1.165) is 13.0 Å². The number of urea groups is 1. The Morgan fingerprint density at radius 2 is 1.56 bits per heavy atom. The number of amides is 2. The fourth-order valence-electron chi connectivity index (χ4n) is 4.45. The number of anilines is 1. The number of carbonyl (C=O) groups excluding carboxylic acids is 1. The van der Waals surface area contributed by atoms with E-state index in [9.17, 15) is 4.79 Å². The Morgan fingerprint density at radius 3 is 2.24 bits per heavy atom. The molecule has 4 heterocycles. The molecule has 1 aliphatic rings. The fraction of sp³-hybridized carbons (Fsp3) is 0.148. The van der Waals surface area contributed by atoms with Crippen molar-refractivity contribution >= 4 is 22.8 Å². The monoisotopic (exact) mass is 450 g/mol. The van der Waals surface area contributed by atoms with Crippen molar-refractivity contribution in [2.75, 3.05) is 18.4 Å². The molecule has 34 heavy (non-hydrogen) atoms. The van der Waals surface area contributed by atoms with Gasteiger partial charge in [-0.25, -0.2) is 14.8 Å². The zero-order valence-electron chi connectivity index (χ0n) is 18.3. The van der Waals surface area contributed by atoms with Crippen molar-refractivity contribution in [3.05, 3.63) is 90.9 Å². The van der Waals surface area contributed by atoms with Crippen LogP contribution < -0.4 is 5.32 Å². The van der Waals surface area contributed by atoms with Gasteiger partial charge in [-0.3, -0.25) is 0 Å². The second-order valence-corrected chi connectivity index (χ2v) is 8.35. The molecule has 7 heteroatoms. The topological polar surface area (TPSA) is 84.4 Å². The predicted molar refractivity (Wildman–Crippen MR) is 129 cm³/mol. The number of likely N-dealkylation sites (tertiary alicyclic amines) is 1. The molecular formula is C27H22N4O3. The Hall–Kier alpha value is -4.39. The van der Waals surface area contributed by atoms with Gasteiger partial charge in [-0.05, 0) is 54.4 Å². The van der Waals surface area contributed by atoms with Crippen molar-refractivity contribution in [1.29, 1.82) is 0 Å². The molecule has 2 amide bonds. The van der Waals surface area contributed by atoms with E-state index in [1.54, 1.807) is 12.5 Å². The second-order valence-electron chi connectivity index (χ2n) is 8.35. The van der Waals surface area contributed by atoms with Gasteiger partial charge in [0.25, 0.3) is 0 Å². The van der Waals surface area contributed by atoms with E-state index in [1.807, 2.05) is 65.6 Å². The van der Waals surface area contributed by atoms with Crippen molar-refractivity contribution in [2.45, 2.75) is 12.3 Å². The molecule has 1 N–H and O–H groups in total. The van der Waals surface area contributed by atoms with E-state index in [4.69, 9.17) is 18.8 Å². The first-order chi connectivity index (χ1) is 16.7. The summed E-state index contributed by atoms with van der Waals surface area (Å²) in [4.78, 5) is 24.4. The summed E-state index contributed by atoms with van der Waals surface area (Å²) in [5.74, 6) is 1.57. The summed E-state index contributed by atoms with van der Waals surface area (Å²) in [5.41, 5.74) is 4.49. The Morgan fingerprint density at radius 1 is 0.853 bits per heavy atom. The van der Waals surface area contributed by atoms with Crippen LogP contribution in [-0.2, 0) is 0 Å². The lowest BCUT2D eigenvalue weighted by Gasteiger charge is -2.18. The van der Waals surface area contributed by atoms with Crippen LogP contribution in [0.4, 0.5) is 10.5 Å². The SMILES string of the molecule is O=C(Nc1ccc2nc(-c3ccco3)c(-c3ccco3)nc2c1)N1CC[C@H](c2ccccc2)C1. The molecule has 1 aliphatic heterocycles. The van der Waals surface area contributed by atoms with Gasteiger partial charge in [0.1, 0.15) is 11.4 Å². The molecule has 1 saturated heterocycles. The number of furan rings is 2. The highest BCUT2D eigenvalue weighted by Gasteiger charge is 2.27. The molecule has 6 rings (SSSR count). The number of aromatic nitrogens is 2. The lowest BCUT2D eigenvalue weighted by atomic mass is 9.99. The summed E-state index contributed by atoms with van der Waals surface area (Å²) in [6.45, 7) is 1.44. The van der Waals surface area contributed by atoms with Gasteiger partial charge in [-0.2, -0.15) is 0 Å². The Labute approximate surface area is 196 Å². The van der Waals surface area contributed by atoms with Gasteiger partial charge in [0, 0.05) is 24.7 Å². The smallest absolute Gasteiger partial charge is 0.321 e. The normalized spacial score (nSPS) is 15.6. The molecule has 5 aromatic rings. The first-order valence-electron chi connectivity index (χ1n) is 11.2. The van der Waals surface area contributed by atoms with Crippen molar-refractivity contribution in [3.8, 4) is 22.9 Å². The first-order valence-corrected chi connectivity index (χ1v) is 11.2. The van der Waals surface area contributed by atoms with Crippen LogP contribution >= 0.6 is 0 Å². The number of hydrogen-bond acceptors (Lipinski definition) is 5. The number of carbonyl (C=O) groups is 1. The Kier molecular flexibility index (Phi) is 5.07. The molecule has 168 valence electrons. The molecule has 0 saturated carbocycles. The summed E-state index contributed by atoms with van der Waals surface area (Å²) in [6, 6.07) is 23.1. The molecule has 1 fully saturated rings. The maximum absolute atomic E-state index is 12.9. The van der Waals surface area contributed by atoms with Gasteiger partial charge in [-0.1, -0.05) is 30.3 Å². The average Bonchev–Trinajstić information content (AvgIpc) is 3.66. The average molecular weight is 450 g/mol. The summed E-state index contributed by atoms with van der Waals surface area (Å²) < 4.78 is 11.2. The zero-order chi connectivity index (χ0) is 22.9. The van der Waals surface area contributed by atoms with Crippen molar-refractivity contribution < 1.29 is 13.6 Å². The van der Waals surface area contributed by atoms with Crippen molar-refractivity contribution in [2.24, 2.45) is 0 Å². The van der Waals surface area contributed by atoms with E-state index in [1.165, 1.54) is 5.56 Å². The highest BCUT2D eigenvalue weighted by Crippen LogP contribution is 2.32. The quantitative estimate of drug-likeness (QED) is 0.354. The Balaban J connectivity index is 1.26. The number of benzene rings is 2. The summed E-state index contributed by atoms with van der Waals surface area (Å²) in [7, 11) is 0. The van der Waals surface area contributed by atoms with Crippen molar-refractivity contribution in [3.63, 3.8) is 0 Å². The van der Waals surface area contributed by atoms with E-state index in [-0.39, 0.29) is 6.03 Å². The maximum atomic E-state index is 12.9. The molecule has 0 unspecified atom stereocenters. The van der Waals surface area contributed by atoms with Crippen molar-refractivity contribution in [1.82, 2.24) is 14.9 Å². The molecule has 0 bridgehead atoms. The zero-order valence-corrected chi connectivity index (χ0v) is 18.3. The number of nitrogens with zero attached hydrogens (tertiary/aromatic N) is 3. The summed E-state index contributed by atoms with van der Waals surface area (Å²) in [5, 5.41) is 3.02. The largest absolute Gasteiger partial charge is 0.463 e. The second kappa shape index (κ2) is 8.51. The van der Waals surface area contributed by atoms with Crippen LogP contribution in [0.15, 0.2) is 94.2 Å². The lowest BCUT2D eigenvalue weighted by molar-refractivity contribution is 0.222. The standard InChI is InChI=1S/C27H22N4O3/c32-27(31-13-12-19(17-31)18-6-2-1-3-7-18)28-20-10-11-21-22(16-20)30-26(24-9-5-15-34-24)25(29-21)23-8-4-14-33-23/h1-11,14-16,19H,12-13,17H2,(H,28,32)/t19-/m0/s1. The first kappa shape index (κ1) is 20.2. The third-order valence-corrected chi connectivity index (χ3v) is 6.17. The lowest BCUT2D eigenvalue weighted by Crippen LogP contribution is -2.32. The van der Waals surface area contributed by atoms with E-state index in [0.29, 0.717) is 52.1 Å². The number of rotatable bonds is 4. The van der Waals surface area contributed by atoms with Crippen LogP contribution in [0.3, 0.4) is 0 Å². The van der Waals surface area contributed by atoms with Crippen LogP contribution in [0, 0.1) is 0 Å². The number of nitrogens with one attached hydrogen (secondary N) is 1. The predicted octanol–water partition coefficient (Wildman–Crippen LogP) is 6.17. The molecule has 1 atom stereocenters. The van der Waals surface area contributed by atoms with Crippen LogP contribution in [0.25, 0.3) is 33.9 Å².